The average Bonchev–Trinajstić information content (AvgIpc) is 2.87. The van der Waals surface area contributed by atoms with E-state index < -0.39 is 4.92 Å². The predicted molar refractivity (Wildman–Crippen MR) is 94.6 cm³/mol. The fraction of sp³-hybridized carbons (Fsp3) is 0.333. The molecule has 1 atom stereocenters. The number of likely N-dealkylation sites (tertiary alicyclic amines) is 1. The first kappa shape index (κ1) is 17.4. The normalized spacial score (nSPS) is 17.8. The molecule has 0 N–H and O–H groups in total. The van der Waals surface area contributed by atoms with Gasteiger partial charge in [-0.25, -0.2) is 0 Å². The highest BCUT2D eigenvalue weighted by Crippen LogP contribution is 2.33. The molecular formula is C18H18ClN3O3. The number of halogens is 1. The third-order valence-electron chi connectivity index (χ3n) is 4.49. The highest BCUT2D eigenvalue weighted by atomic mass is 35.5. The maximum absolute atomic E-state index is 13.1. The topological polar surface area (TPSA) is 76.3 Å². The minimum Gasteiger partial charge on any atom is -0.331 e. The van der Waals surface area contributed by atoms with Crippen LogP contribution in [0.4, 0.5) is 5.69 Å². The molecule has 1 aliphatic rings. The molecule has 0 bridgehead atoms. The van der Waals surface area contributed by atoms with Crippen LogP contribution in [0, 0.1) is 10.1 Å². The molecule has 0 radical (unpaired) electrons. The van der Waals surface area contributed by atoms with Crippen molar-refractivity contribution >= 4 is 23.2 Å². The van der Waals surface area contributed by atoms with E-state index in [0.29, 0.717) is 6.54 Å². The van der Waals surface area contributed by atoms with Gasteiger partial charge in [-0.15, -0.1) is 0 Å². The van der Waals surface area contributed by atoms with Crippen LogP contribution in [-0.2, 0) is 0 Å². The third kappa shape index (κ3) is 3.79. The molecule has 1 saturated heterocycles. The van der Waals surface area contributed by atoms with Crippen LogP contribution in [0.15, 0.2) is 42.7 Å². The lowest BCUT2D eigenvalue weighted by Gasteiger charge is -2.30. The molecular weight excluding hydrogens is 342 g/mol. The Hall–Kier alpha value is -2.47. The van der Waals surface area contributed by atoms with Crippen molar-refractivity contribution in [1.29, 1.82) is 0 Å². The van der Waals surface area contributed by atoms with Gasteiger partial charge >= 0.3 is 0 Å². The third-order valence-corrected chi connectivity index (χ3v) is 4.73. The maximum atomic E-state index is 13.1. The molecule has 3 rings (SSSR count). The Balaban J connectivity index is 2.00. The van der Waals surface area contributed by atoms with Gasteiger partial charge in [-0.1, -0.05) is 24.4 Å². The summed E-state index contributed by atoms with van der Waals surface area (Å²) in [4.78, 5) is 29.7. The van der Waals surface area contributed by atoms with Gasteiger partial charge in [0.25, 0.3) is 11.6 Å². The van der Waals surface area contributed by atoms with Gasteiger partial charge in [0.2, 0.25) is 0 Å². The molecule has 1 fully saturated rings. The Labute approximate surface area is 150 Å². The summed E-state index contributed by atoms with van der Waals surface area (Å²) < 4.78 is 0. The summed E-state index contributed by atoms with van der Waals surface area (Å²) in [6, 6.07) is 7.87. The molecule has 0 aliphatic carbocycles. The molecule has 7 heteroatoms. The number of hydrogen-bond acceptors (Lipinski definition) is 4. The molecule has 130 valence electrons. The molecule has 1 aromatic heterocycles. The van der Waals surface area contributed by atoms with Crippen molar-refractivity contribution in [3.63, 3.8) is 0 Å². The number of carbonyl (C=O) groups is 1. The SMILES string of the molecule is O=C(c1ccc(Cl)cc1[N+](=O)[O-])N1CCCCCC1c1ccncc1. The number of rotatable bonds is 3. The predicted octanol–water partition coefficient (Wildman–Crippen LogP) is 4.40. The average molecular weight is 360 g/mol. The number of nitrogens with zero attached hydrogens (tertiary/aromatic N) is 3. The standard InChI is InChI=1S/C18H18ClN3O3/c19-14-5-6-15(17(12-14)22(24)25)18(23)21-11-3-1-2-4-16(21)13-7-9-20-10-8-13/h5-10,12,16H,1-4,11H2. The zero-order valence-corrected chi connectivity index (χ0v) is 14.4. The quantitative estimate of drug-likeness (QED) is 0.601. The van der Waals surface area contributed by atoms with Crippen LogP contribution in [0.3, 0.4) is 0 Å². The van der Waals surface area contributed by atoms with Gasteiger partial charge < -0.3 is 4.90 Å². The van der Waals surface area contributed by atoms with E-state index >= 15 is 0 Å². The Kier molecular flexibility index (Phi) is 5.28. The number of nitro benzene ring substituents is 1. The first-order valence-corrected chi connectivity index (χ1v) is 8.60. The van der Waals surface area contributed by atoms with Crippen molar-refractivity contribution < 1.29 is 9.72 Å². The van der Waals surface area contributed by atoms with Crippen LogP contribution in [0.5, 0.6) is 0 Å². The van der Waals surface area contributed by atoms with Gasteiger partial charge in [-0.3, -0.25) is 19.9 Å². The summed E-state index contributed by atoms with van der Waals surface area (Å²) in [5.74, 6) is -0.327. The fourth-order valence-electron chi connectivity index (χ4n) is 3.27. The highest BCUT2D eigenvalue weighted by molar-refractivity contribution is 6.31. The van der Waals surface area contributed by atoms with E-state index in [9.17, 15) is 14.9 Å². The molecule has 25 heavy (non-hydrogen) atoms. The lowest BCUT2D eigenvalue weighted by molar-refractivity contribution is -0.385. The molecule has 1 aromatic carbocycles. The fourth-order valence-corrected chi connectivity index (χ4v) is 3.44. The summed E-state index contributed by atoms with van der Waals surface area (Å²) >= 11 is 5.87. The lowest BCUT2D eigenvalue weighted by Crippen LogP contribution is -2.35. The lowest BCUT2D eigenvalue weighted by atomic mass is 10.0. The first-order chi connectivity index (χ1) is 12.1. The highest BCUT2D eigenvalue weighted by Gasteiger charge is 2.31. The Morgan fingerprint density at radius 3 is 2.68 bits per heavy atom. The smallest absolute Gasteiger partial charge is 0.283 e. The first-order valence-electron chi connectivity index (χ1n) is 8.23. The van der Waals surface area contributed by atoms with Crippen LogP contribution in [0.25, 0.3) is 0 Å². The van der Waals surface area contributed by atoms with Gasteiger partial charge in [-0.05, 0) is 42.7 Å². The van der Waals surface area contributed by atoms with Gasteiger partial charge in [0, 0.05) is 30.0 Å². The number of nitro groups is 1. The van der Waals surface area contributed by atoms with E-state index in [2.05, 4.69) is 4.98 Å². The van der Waals surface area contributed by atoms with E-state index in [4.69, 9.17) is 11.6 Å². The molecule has 1 unspecified atom stereocenters. The number of pyridine rings is 1. The molecule has 6 nitrogen and oxygen atoms in total. The van der Waals surface area contributed by atoms with Crippen LogP contribution in [0.2, 0.25) is 5.02 Å². The van der Waals surface area contributed by atoms with E-state index in [0.717, 1.165) is 31.2 Å². The zero-order chi connectivity index (χ0) is 17.8. The summed E-state index contributed by atoms with van der Waals surface area (Å²) in [5, 5.41) is 11.6. The second-order valence-electron chi connectivity index (χ2n) is 6.06. The van der Waals surface area contributed by atoms with Crippen LogP contribution < -0.4 is 0 Å². The molecule has 2 heterocycles. The van der Waals surface area contributed by atoms with Gasteiger partial charge in [0.1, 0.15) is 5.56 Å². The zero-order valence-electron chi connectivity index (χ0n) is 13.6. The summed E-state index contributed by atoms with van der Waals surface area (Å²) in [7, 11) is 0. The number of aromatic nitrogens is 1. The van der Waals surface area contributed by atoms with Crippen molar-refractivity contribution in [1.82, 2.24) is 9.88 Å². The van der Waals surface area contributed by atoms with Gasteiger partial charge in [0.05, 0.1) is 11.0 Å². The molecule has 2 aromatic rings. The Morgan fingerprint density at radius 1 is 1.20 bits per heavy atom. The minimum atomic E-state index is -0.557. The van der Waals surface area contributed by atoms with Crippen LogP contribution in [-0.4, -0.2) is 27.3 Å². The Morgan fingerprint density at radius 2 is 1.96 bits per heavy atom. The van der Waals surface area contributed by atoms with E-state index in [-0.39, 0.29) is 28.2 Å². The second-order valence-corrected chi connectivity index (χ2v) is 6.50. The van der Waals surface area contributed by atoms with E-state index in [1.165, 1.54) is 18.2 Å². The van der Waals surface area contributed by atoms with Crippen molar-refractivity contribution in [3.8, 4) is 0 Å². The van der Waals surface area contributed by atoms with E-state index in [1.54, 1.807) is 17.3 Å². The van der Waals surface area contributed by atoms with Crippen molar-refractivity contribution in [2.75, 3.05) is 6.54 Å². The van der Waals surface area contributed by atoms with E-state index in [1.807, 2.05) is 12.1 Å². The monoisotopic (exact) mass is 359 g/mol. The van der Waals surface area contributed by atoms with Crippen LogP contribution >= 0.6 is 11.6 Å². The summed E-state index contributed by atoms with van der Waals surface area (Å²) in [6.45, 7) is 0.575. The maximum Gasteiger partial charge on any atom is 0.283 e. The van der Waals surface area contributed by atoms with Crippen LogP contribution in [0.1, 0.15) is 47.6 Å². The number of benzene rings is 1. The summed E-state index contributed by atoms with van der Waals surface area (Å²) in [6.07, 6.45) is 7.17. The molecule has 1 amide bonds. The molecule has 0 spiro atoms. The molecule has 0 saturated carbocycles. The number of carbonyl (C=O) groups excluding carboxylic acids is 1. The second kappa shape index (κ2) is 7.61. The Bertz CT molecular complexity index is 782. The molecule has 1 aliphatic heterocycles. The van der Waals surface area contributed by atoms with Gasteiger partial charge in [-0.2, -0.15) is 0 Å². The number of hydrogen-bond donors (Lipinski definition) is 0. The summed E-state index contributed by atoms with van der Waals surface area (Å²) in [5.41, 5.74) is 0.826. The van der Waals surface area contributed by atoms with Crippen molar-refractivity contribution in [2.45, 2.75) is 31.7 Å². The van der Waals surface area contributed by atoms with Crippen molar-refractivity contribution in [2.24, 2.45) is 0 Å². The number of amides is 1. The van der Waals surface area contributed by atoms with Gasteiger partial charge in [0.15, 0.2) is 0 Å². The largest absolute Gasteiger partial charge is 0.331 e. The minimum absolute atomic E-state index is 0.0790. The van der Waals surface area contributed by atoms with Crippen molar-refractivity contribution in [3.05, 3.63) is 69.0 Å².